The third kappa shape index (κ3) is 2.98. The molecule has 1 fully saturated rings. The van der Waals surface area contributed by atoms with Crippen molar-refractivity contribution in [3.05, 3.63) is 24.3 Å². The van der Waals surface area contributed by atoms with Gasteiger partial charge < -0.3 is 19.7 Å². The van der Waals surface area contributed by atoms with E-state index in [0.717, 1.165) is 24.3 Å². The van der Waals surface area contributed by atoms with Gasteiger partial charge in [-0.2, -0.15) is 0 Å². The first-order chi connectivity index (χ1) is 9.76. The predicted octanol–water partition coefficient (Wildman–Crippen LogP) is 2.02. The molecule has 0 spiro atoms. The molecule has 0 saturated heterocycles. The number of nitrogens with one attached hydrogen (secondary N) is 1. The van der Waals surface area contributed by atoms with Crippen LogP contribution in [0.4, 0.5) is 4.79 Å². The lowest BCUT2D eigenvalue weighted by molar-refractivity contribution is 0.0675. The molecule has 1 atom stereocenters. The Labute approximate surface area is 118 Å². The molecule has 2 aliphatic rings. The molecule has 1 aromatic rings. The van der Waals surface area contributed by atoms with Gasteiger partial charge in [0.2, 0.25) is 0 Å². The van der Waals surface area contributed by atoms with Crippen molar-refractivity contribution in [3.63, 3.8) is 0 Å². The van der Waals surface area contributed by atoms with Gasteiger partial charge in [-0.1, -0.05) is 12.1 Å². The highest BCUT2D eigenvalue weighted by molar-refractivity contribution is 5.74. The van der Waals surface area contributed by atoms with Crippen molar-refractivity contribution >= 4 is 6.03 Å². The van der Waals surface area contributed by atoms with E-state index in [-0.39, 0.29) is 12.1 Å². The molecule has 1 N–H and O–H groups in total. The lowest BCUT2D eigenvalue weighted by atomic mass is 10.2. The third-order valence-electron chi connectivity index (χ3n) is 3.57. The number of urea groups is 1. The first-order valence-corrected chi connectivity index (χ1v) is 7.20. The zero-order chi connectivity index (χ0) is 13.9. The summed E-state index contributed by atoms with van der Waals surface area (Å²) in [6.45, 7) is 3.66. The van der Waals surface area contributed by atoms with Gasteiger partial charge >= 0.3 is 6.03 Å². The van der Waals surface area contributed by atoms with Crippen molar-refractivity contribution in [1.29, 1.82) is 0 Å². The molecule has 2 amide bonds. The Bertz CT molecular complexity index is 488. The highest BCUT2D eigenvalue weighted by Crippen LogP contribution is 2.31. The van der Waals surface area contributed by atoms with E-state index >= 15 is 0 Å². The van der Waals surface area contributed by atoms with E-state index in [1.165, 1.54) is 0 Å². The second-order valence-corrected chi connectivity index (χ2v) is 5.26. The number of amides is 2. The smallest absolute Gasteiger partial charge is 0.317 e. The number of nitrogens with zero attached hydrogens (tertiary/aromatic N) is 1. The van der Waals surface area contributed by atoms with E-state index in [0.29, 0.717) is 25.7 Å². The summed E-state index contributed by atoms with van der Waals surface area (Å²) < 4.78 is 11.6. The van der Waals surface area contributed by atoms with E-state index in [9.17, 15) is 4.79 Å². The SMILES string of the molecule is CCN(C[C@H]1COc2ccccc2O1)C(=O)NC1CC1. The molecule has 0 unspecified atom stereocenters. The standard InChI is InChI=1S/C15H20N2O3/c1-2-17(15(18)16-11-7-8-11)9-12-10-19-13-5-3-4-6-14(13)20-12/h3-6,11-12H,2,7-10H2,1H3,(H,16,18)/t12-/m0/s1. The van der Waals surface area contributed by atoms with Crippen LogP contribution < -0.4 is 14.8 Å². The molecular formula is C15H20N2O3. The molecule has 5 heteroatoms. The molecule has 1 aromatic carbocycles. The molecule has 1 aliphatic carbocycles. The largest absolute Gasteiger partial charge is 0.486 e. The van der Waals surface area contributed by atoms with Crippen molar-refractivity contribution in [2.24, 2.45) is 0 Å². The Morgan fingerprint density at radius 2 is 2.10 bits per heavy atom. The molecule has 0 radical (unpaired) electrons. The number of hydrogen-bond donors (Lipinski definition) is 1. The van der Waals surface area contributed by atoms with Gasteiger partial charge in [-0.05, 0) is 31.9 Å². The number of para-hydroxylation sites is 2. The highest BCUT2D eigenvalue weighted by atomic mass is 16.6. The monoisotopic (exact) mass is 276 g/mol. The molecule has 0 bridgehead atoms. The molecule has 108 valence electrons. The topological polar surface area (TPSA) is 50.8 Å². The number of fused-ring (bicyclic) bond motifs is 1. The van der Waals surface area contributed by atoms with Crippen molar-refractivity contribution in [1.82, 2.24) is 10.2 Å². The van der Waals surface area contributed by atoms with Gasteiger partial charge in [0.25, 0.3) is 0 Å². The van der Waals surface area contributed by atoms with E-state index in [4.69, 9.17) is 9.47 Å². The molecule has 1 heterocycles. The van der Waals surface area contributed by atoms with Crippen LogP contribution >= 0.6 is 0 Å². The molecule has 20 heavy (non-hydrogen) atoms. The Morgan fingerprint density at radius 1 is 1.35 bits per heavy atom. The number of likely N-dealkylation sites (N-methyl/N-ethyl adjacent to an activating group) is 1. The minimum atomic E-state index is -0.116. The van der Waals surface area contributed by atoms with Gasteiger partial charge in [0.15, 0.2) is 17.6 Å². The minimum Gasteiger partial charge on any atom is -0.486 e. The second-order valence-electron chi connectivity index (χ2n) is 5.26. The predicted molar refractivity (Wildman–Crippen MR) is 75.2 cm³/mol. The summed E-state index contributed by atoms with van der Waals surface area (Å²) in [6.07, 6.45) is 2.08. The molecule has 1 aliphatic heterocycles. The summed E-state index contributed by atoms with van der Waals surface area (Å²) in [4.78, 5) is 13.8. The Balaban J connectivity index is 1.58. The van der Waals surface area contributed by atoms with Gasteiger partial charge in [0.1, 0.15) is 6.61 Å². The second kappa shape index (κ2) is 5.61. The maximum Gasteiger partial charge on any atom is 0.317 e. The average Bonchev–Trinajstić information content (AvgIpc) is 3.28. The summed E-state index contributed by atoms with van der Waals surface area (Å²) >= 11 is 0. The molecule has 1 saturated carbocycles. The highest BCUT2D eigenvalue weighted by Gasteiger charge is 2.28. The van der Waals surface area contributed by atoms with E-state index < -0.39 is 0 Å². The van der Waals surface area contributed by atoms with Gasteiger partial charge in [-0.25, -0.2) is 4.79 Å². The fourth-order valence-corrected chi connectivity index (χ4v) is 2.25. The van der Waals surface area contributed by atoms with Gasteiger partial charge in [0, 0.05) is 12.6 Å². The summed E-state index contributed by atoms with van der Waals surface area (Å²) in [5, 5.41) is 3.00. The number of carbonyl (C=O) groups excluding carboxylic acids is 1. The molecular weight excluding hydrogens is 256 g/mol. The Kier molecular flexibility index (Phi) is 3.67. The summed E-state index contributed by atoms with van der Waals surface area (Å²) in [7, 11) is 0. The van der Waals surface area contributed by atoms with Crippen molar-refractivity contribution in [2.75, 3.05) is 19.7 Å². The molecule has 5 nitrogen and oxygen atoms in total. The van der Waals surface area contributed by atoms with Crippen LogP contribution in [0.15, 0.2) is 24.3 Å². The summed E-state index contributed by atoms with van der Waals surface area (Å²) in [5.41, 5.74) is 0. The van der Waals surface area contributed by atoms with Crippen LogP contribution in [0, 0.1) is 0 Å². The van der Waals surface area contributed by atoms with Crippen LogP contribution in [-0.2, 0) is 0 Å². The first-order valence-electron chi connectivity index (χ1n) is 7.20. The maximum absolute atomic E-state index is 12.1. The van der Waals surface area contributed by atoms with Crippen molar-refractivity contribution in [3.8, 4) is 11.5 Å². The van der Waals surface area contributed by atoms with Gasteiger partial charge in [-0.15, -0.1) is 0 Å². The number of benzene rings is 1. The fourth-order valence-electron chi connectivity index (χ4n) is 2.25. The van der Waals surface area contributed by atoms with Crippen molar-refractivity contribution in [2.45, 2.75) is 31.9 Å². The number of rotatable bonds is 4. The van der Waals surface area contributed by atoms with Crippen LogP contribution in [0.2, 0.25) is 0 Å². The number of carbonyl (C=O) groups is 1. The lowest BCUT2D eigenvalue weighted by Crippen LogP contribution is -2.47. The van der Waals surface area contributed by atoms with Crippen LogP contribution in [0.1, 0.15) is 19.8 Å². The van der Waals surface area contributed by atoms with E-state index in [1.807, 2.05) is 31.2 Å². The van der Waals surface area contributed by atoms with Crippen LogP contribution in [0.5, 0.6) is 11.5 Å². The normalized spacial score (nSPS) is 20.4. The van der Waals surface area contributed by atoms with Crippen molar-refractivity contribution < 1.29 is 14.3 Å². The Hall–Kier alpha value is -1.91. The van der Waals surface area contributed by atoms with Gasteiger partial charge in [-0.3, -0.25) is 0 Å². The first kappa shape index (κ1) is 13.1. The zero-order valence-corrected chi connectivity index (χ0v) is 11.7. The van der Waals surface area contributed by atoms with Gasteiger partial charge in [0.05, 0.1) is 6.54 Å². The Morgan fingerprint density at radius 3 is 2.80 bits per heavy atom. The van der Waals surface area contributed by atoms with Crippen LogP contribution in [-0.4, -0.2) is 42.8 Å². The van der Waals surface area contributed by atoms with Crippen LogP contribution in [0.25, 0.3) is 0 Å². The average molecular weight is 276 g/mol. The number of ether oxygens (including phenoxy) is 2. The van der Waals surface area contributed by atoms with Crippen LogP contribution in [0.3, 0.4) is 0 Å². The molecule has 0 aromatic heterocycles. The van der Waals surface area contributed by atoms with E-state index in [2.05, 4.69) is 5.32 Å². The zero-order valence-electron chi connectivity index (χ0n) is 11.7. The minimum absolute atomic E-state index is 0.00235. The summed E-state index contributed by atoms with van der Waals surface area (Å²) in [6, 6.07) is 8.00. The third-order valence-corrected chi connectivity index (χ3v) is 3.57. The fraction of sp³-hybridized carbons (Fsp3) is 0.533. The molecule has 3 rings (SSSR count). The quantitative estimate of drug-likeness (QED) is 0.915. The van der Waals surface area contributed by atoms with E-state index in [1.54, 1.807) is 4.90 Å². The maximum atomic E-state index is 12.1. The number of hydrogen-bond acceptors (Lipinski definition) is 3. The lowest BCUT2D eigenvalue weighted by Gasteiger charge is -2.30. The summed E-state index contributed by atoms with van der Waals surface area (Å²) in [5.74, 6) is 1.52.